The number of ether oxygens (including phenoxy) is 2. The summed E-state index contributed by atoms with van der Waals surface area (Å²) in [6.45, 7) is -0.515. The van der Waals surface area contributed by atoms with E-state index in [4.69, 9.17) is 9.47 Å². The van der Waals surface area contributed by atoms with Gasteiger partial charge < -0.3 is 20.1 Å². The highest BCUT2D eigenvalue weighted by molar-refractivity contribution is 6.02. The summed E-state index contributed by atoms with van der Waals surface area (Å²) in [7, 11) is 3.02. The zero-order valence-electron chi connectivity index (χ0n) is 18.7. The van der Waals surface area contributed by atoms with Gasteiger partial charge in [0.25, 0.3) is 5.91 Å². The number of nitrogens with zero attached hydrogens (tertiary/aromatic N) is 5. The van der Waals surface area contributed by atoms with Gasteiger partial charge >= 0.3 is 12.1 Å². The maximum absolute atomic E-state index is 13.7. The van der Waals surface area contributed by atoms with E-state index >= 15 is 0 Å². The van der Waals surface area contributed by atoms with Crippen LogP contribution in [0.2, 0.25) is 0 Å². The minimum atomic E-state index is -0.951. The number of hydrogen-bond donors (Lipinski definition) is 2. The molecule has 2 N–H and O–H groups in total. The standard InChI is InChI=1S/C21H21F2N7O5/c1-24-10-18(31)34-11-13-4-3-7-25-19(13)29(2)21(33)35-12-30-26-9-17(28-30)20(32)27-16-6-5-14(22)8-15(16)23/h3-9,24H,10-12H2,1-2H3,(H,27,32). The van der Waals surface area contributed by atoms with E-state index in [0.717, 1.165) is 28.0 Å². The van der Waals surface area contributed by atoms with Crippen LogP contribution in [0, 0.1) is 11.6 Å². The van der Waals surface area contributed by atoms with Crippen molar-refractivity contribution in [1.82, 2.24) is 25.3 Å². The molecule has 2 heterocycles. The molecule has 2 aromatic heterocycles. The zero-order valence-corrected chi connectivity index (χ0v) is 18.7. The molecule has 0 aliphatic carbocycles. The summed E-state index contributed by atoms with van der Waals surface area (Å²) < 4.78 is 37.0. The fourth-order valence-electron chi connectivity index (χ4n) is 2.74. The van der Waals surface area contributed by atoms with Gasteiger partial charge in [0.05, 0.1) is 18.4 Å². The second-order valence-electron chi connectivity index (χ2n) is 6.96. The number of amides is 2. The number of hydrogen-bond acceptors (Lipinski definition) is 9. The fourth-order valence-corrected chi connectivity index (χ4v) is 2.74. The molecule has 35 heavy (non-hydrogen) atoms. The lowest BCUT2D eigenvalue weighted by Crippen LogP contribution is -2.30. The Morgan fingerprint density at radius 1 is 1.17 bits per heavy atom. The van der Waals surface area contributed by atoms with E-state index in [2.05, 4.69) is 25.8 Å². The van der Waals surface area contributed by atoms with Gasteiger partial charge in [-0.3, -0.25) is 14.5 Å². The van der Waals surface area contributed by atoms with Gasteiger partial charge in [-0.25, -0.2) is 18.6 Å². The van der Waals surface area contributed by atoms with Gasteiger partial charge in [0, 0.05) is 24.9 Å². The van der Waals surface area contributed by atoms with E-state index in [-0.39, 0.29) is 30.4 Å². The number of benzene rings is 1. The number of nitrogens with one attached hydrogen (secondary N) is 2. The molecule has 2 amide bonds. The van der Waals surface area contributed by atoms with Crippen LogP contribution in [-0.4, -0.2) is 58.6 Å². The first kappa shape index (κ1) is 25.2. The number of rotatable bonds is 9. The SMILES string of the molecule is CNCC(=O)OCc1cccnc1N(C)C(=O)OCn1ncc(C(=O)Nc2ccc(F)cc2F)n1. The fraction of sp³-hybridized carbons (Fsp3) is 0.238. The smallest absolute Gasteiger partial charge is 0.417 e. The highest BCUT2D eigenvalue weighted by Gasteiger charge is 2.19. The van der Waals surface area contributed by atoms with Gasteiger partial charge in [-0.1, -0.05) is 6.07 Å². The van der Waals surface area contributed by atoms with Crippen molar-refractivity contribution in [2.75, 3.05) is 30.9 Å². The number of carbonyl (C=O) groups is 3. The molecule has 1 aromatic carbocycles. The van der Waals surface area contributed by atoms with E-state index in [9.17, 15) is 23.2 Å². The first-order chi connectivity index (χ1) is 16.8. The van der Waals surface area contributed by atoms with Crippen LogP contribution < -0.4 is 15.5 Å². The number of anilines is 2. The van der Waals surface area contributed by atoms with Crippen LogP contribution in [0.5, 0.6) is 0 Å². The highest BCUT2D eigenvalue weighted by Crippen LogP contribution is 2.18. The lowest BCUT2D eigenvalue weighted by molar-refractivity contribution is -0.143. The van der Waals surface area contributed by atoms with E-state index in [1.807, 2.05) is 0 Å². The Balaban J connectivity index is 1.57. The summed E-state index contributed by atoms with van der Waals surface area (Å²) in [5.74, 6) is -2.79. The Morgan fingerprint density at radius 3 is 2.71 bits per heavy atom. The third kappa shape index (κ3) is 6.77. The lowest BCUT2D eigenvalue weighted by Gasteiger charge is -2.18. The van der Waals surface area contributed by atoms with Crippen molar-refractivity contribution in [2.45, 2.75) is 13.3 Å². The molecule has 0 spiro atoms. The molecule has 0 bridgehead atoms. The highest BCUT2D eigenvalue weighted by atomic mass is 19.1. The van der Waals surface area contributed by atoms with Gasteiger partial charge in [0.2, 0.25) is 6.73 Å². The van der Waals surface area contributed by atoms with E-state index < -0.39 is 36.3 Å². The predicted octanol–water partition coefficient (Wildman–Crippen LogP) is 1.70. The minimum absolute atomic E-state index is 0.0309. The van der Waals surface area contributed by atoms with Crippen molar-refractivity contribution in [3.63, 3.8) is 0 Å². The van der Waals surface area contributed by atoms with E-state index in [1.54, 1.807) is 19.2 Å². The molecule has 0 unspecified atom stereocenters. The number of halogens is 2. The van der Waals surface area contributed by atoms with Crippen LogP contribution in [0.25, 0.3) is 0 Å². The van der Waals surface area contributed by atoms with E-state index in [1.165, 1.54) is 13.2 Å². The van der Waals surface area contributed by atoms with Crippen molar-refractivity contribution in [1.29, 1.82) is 0 Å². The van der Waals surface area contributed by atoms with Crippen molar-refractivity contribution in [3.8, 4) is 0 Å². The van der Waals surface area contributed by atoms with Gasteiger partial charge in [0.15, 0.2) is 5.69 Å². The third-order valence-electron chi connectivity index (χ3n) is 4.42. The molecule has 12 nitrogen and oxygen atoms in total. The van der Waals surface area contributed by atoms with Crippen LogP contribution in [0.4, 0.5) is 25.1 Å². The Kier molecular flexibility index (Phi) is 8.34. The predicted molar refractivity (Wildman–Crippen MR) is 117 cm³/mol. The molecule has 3 aromatic rings. The normalized spacial score (nSPS) is 10.5. The maximum Gasteiger partial charge on any atom is 0.417 e. The second kappa shape index (κ2) is 11.6. The molecular formula is C21H21F2N7O5. The lowest BCUT2D eigenvalue weighted by atomic mass is 10.2. The Hall–Kier alpha value is -4.46. The van der Waals surface area contributed by atoms with Crippen LogP contribution in [-0.2, 0) is 27.6 Å². The molecule has 14 heteroatoms. The van der Waals surface area contributed by atoms with Crippen LogP contribution >= 0.6 is 0 Å². The van der Waals surface area contributed by atoms with Crippen molar-refractivity contribution >= 4 is 29.5 Å². The summed E-state index contributed by atoms with van der Waals surface area (Å²) in [5, 5.41) is 12.6. The first-order valence-corrected chi connectivity index (χ1v) is 10.1. The summed E-state index contributed by atoms with van der Waals surface area (Å²) >= 11 is 0. The topological polar surface area (TPSA) is 141 Å². The molecule has 0 atom stereocenters. The largest absolute Gasteiger partial charge is 0.460 e. The van der Waals surface area contributed by atoms with Gasteiger partial charge in [0.1, 0.15) is 24.1 Å². The van der Waals surface area contributed by atoms with E-state index in [0.29, 0.717) is 11.6 Å². The Morgan fingerprint density at radius 2 is 1.97 bits per heavy atom. The monoisotopic (exact) mass is 489 g/mol. The average Bonchev–Trinajstić information content (AvgIpc) is 3.32. The van der Waals surface area contributed by atoms with Crippen molar-refractivity contribution in [3.05, 3.63) is 65.6 Å². The molecule has 0 saturated heterocycles. The summed E-state index contributed by atoms with van der Waals surface area (Å²) in [6.07, 6.45) is 1.73. The summed E-state index contributed by atoms with van der Waals surface area (Å²) in [6, 6.07) is 5.95. The van der Waals surface area contributed by atoms with Crippen molar-refractivity contribution < 1.29 is 32.6 Å². The number of esters is 1. The first-order valence-electron chi connectivity index (χ1n) is 10.1. The maximum atomic E-state index is 13.7. The van der Waals surface area contributed by atoms with Gasteiger partial charge in [-0.05, 0) is 25.2 Å². The van der Waals surface area contributed by atoms with Crippen LogP contribution in [0.1, 0.15) is 16.1 Å². The van der Waals surface area contributed by atoms with Crippen molar-refractivity contribution in [2.24, 2.45) is 0 Å². The van der Waals surface area contributed by atoms with Crippen LogP contribution in [0.3, 0.4) is 0 Å². The summed E-state index contributed by atoms with van der Waals surface area (Å²) in [4.78, 5) is 42.5. The number of carbonyl (C=O) groups excluding carboxylic acids is 3. The minimum Gasteiger partial charge on any atom is -0.460 e. The molecule has 0 aliphatic rings. The van der Waals surface area contributed by atoms with Gasteiger partial charge in [-0.15, -0.1) is 9.90 Å². The Bertz CT molecular complexity index is 1220. The summed E-state index contributed by atoms with van der Waals surface area (Å²) in [5.41, 5.74) is 0.0518. The Labute approximate surface area is 197 Å². The number of likely N-dealkylation sites (N-methyl/N-ethyl adjacent to an activating group) is 1. The molecule has 184 valence electrons. The molecule has 0 fully saturated rings. The average molecular weight is 489 g/mol. The van der Waals surface area contributed by atoms with Gasteiger partial charge in [-0.2, -0.15) is 5.10 Å². The molecule has 0 saturated carbocycles. The molecule has 0 radical (unpaired) electrons. The molecule has 0 aliphatic heterocycles. The number of pyridine rings is 1. The molecular weight excluding hydrogens is 468 g/mol. The molecule has 3 rings (SSSR count). The van der Waals surface area contributed by atoms with Crippen LogP contribution in [0.15, 0.2) is 42.7 Å². The number of aromatic nitrogens is 4. The second-order valence-corrected chi connectivity index (χ2v) is 6.96. The third-order valence-corrected chi connectivity index (χ3v) is 4.42. The zero-order chi connectivity index (χ0) is 25.4. The quantitative estimate of drug-likeness (QED) is 0.430.